The van der Waals surface area contributed by atoms with Gasteiger partial charge in [-0.25, -0.2) is 9.59 Å². The van der Waals surface area contributed by atoms with E-state index < -0.39 is 12.1 Å². The Labute approximate surface area is 76.4 Å². The van der Waals surface area contributed by atoms with E-state index in [2.05, 4.69) is 10.1 Å². The van der Waals surface area contributed by atoms with E-state index in [1.165, 1.54) is 13.0 Å². The van der Waals surface area contributed by atoms with E-state index in [9.17, 15) is 9.59 Å². The number of rotatable bonds is 4. The van der Waals surface area contributed by atoms with Gasteiger partial charge in [0, 0.05) is 12.1 Å². The van der Waals surface area contributed by atoms with E-state index in [4.69, 9.17) is 5.11 Å². The van der Waals surface area contributed by atoms with Crippen molar-refractivity contribution in [2.75, 3.05) is 13.2 Å². The largest absolute Gasteiger partial charge is 0.478 e. The molecular weight excluding hydrogens is 174 g/mol. The third-order valence-corrected chi connectivity index (χ3v) is 1.26. The molecule has 1 amide bonds. The zero-order valence-corrected chi connectivity index (χ0v) is 7.66. The summed E-state index contributed by atoms with van der Waals surface area (Å²) in [5.74, 6) is -1.01. The Kier molecular flexibility index (Phi) is 5.34. The minimum atomic E-state index is -1.01. The molecule has 0 saturated carbocycles. The highest BCUT2D eigenvalue weighted by molar-refractivity contribution is 5.85. The van der Waals surface area contributed by atoms with Gasteiger partial charge in [0.2, 0.25) is 0 Å². The van der Waals surface area contributed by atoms with Crippen LogP contribution in [0.15, 0.2) is 11.6 Å². The Hall–Kier alpha value is -1.52. The molecule has 0 aromatic carbocycles. The Morgan fingerprint density at radius 3 is 2.62 bits per heavy atom. The number of amides is 1. The van der Waals surface area contributed by atoms with Crippen LogP contribution in [0, 0.1) is 0 Å². The summed E-state index contributed by atoms with van der Waals surface area (Å²) in [6.45, 7) is 3.66. The van der Waals surface area contributed by atoms with Crippen LogP contribution in [-0.2, 0) is 9.53 Å². The summed E-state index contributed by atoms with van der Waals surface area (Å²) in [5, 5.41) is 10.8. The number of ether oxygens (including phenoxy) is 1. The van der Waals surface area contributed by atoms with E-state index in [0.29, 0.717) is 6.54 Å². The Morgan fingerprint density at radius 1 is 1.54 bits per heavy atom. The first-order chi connectivity index (χ1) is 6.07. The highest BCUT2D eigenvalue weighted by Gasteiger charge is 2.00. The lowest BCUT2D eigenvalue weighted by Crippen LogP contribution is -2.23. The van der Waals surface area contributed by atoms with Crippen LogP contribution < -0.4 is 5.32 Å². The summed E-state index contributed by atoms with van der Waals surface area (Å²) in [6.07, 6.45) is 0.786. The topological polar surface area (TPSA) is 75.6 Å². The highest BCUT2D eigenvalue weighted by atomic mass is 16.5. The van der Waals surface area contributed by atoms with Crippen molar-refractivity contribution in [1.82, 2.24) is 5.32 Å². The van der Waals surface area contributed by atoms with Gasteiger partial charge in [-0.3, -0.25) is 0 Å². The molecule has 0 heterocycles. The number of hydrogen-bond acceptors (Lipinski definition) is 3. The summed E-state index contributed by atoms with van der Waals surface area (Å²) in [5.41, 5.74) is 0.157. The van der Waals surface area contributed by atoms with Crippen LogP contribution in [0.25, 0.3) is 0 Å². The van der Waals surface area contributed by atoms with Crippen molar-refractivity contribution < 1.29 is 19.4 Å². The third-order valence-electron chi connectivity index (χ3n) is 1.26. The lowest BCUT2D eigenvalue weighted by molar-refractivity contribution is -0.132. The van der Waals surface area contributed by atoms with Gasteiger partial charge >= 0.3 is 12.1 Å². The predicted molar refractivity (Wildman–Crippen MR) is 46.4 cm³/mol. The lowest BCUT2D eigenvalue weighted by atomic mass is 10.3. The SMILES string of the molecule is CCNC(=O)OCC=C(C)C(=O)O. The molecule has 5 nitrogen and oxygen atoms in total. The Balaban J connectivity index is 3.72. The van der Waals surface area contributed by atoms with E-state index in [-0.39, 0.29) is 12.2 Å². The summed E-state index contributed by atoms with van der Waals surface area (Å²) in [7, 11) is 0. The van der Waals surface area contributed by atoms with Crippen LogP contribution in [0.3, 0.4) is 0 Å². The van der Waals surface area contributed by atoms with Crippen molar-refractivity contribution in [3.63, 3.8) is 0 Å². The van der Waals surface area contributed by atoms with Crippen LogP contribution in [0.5, 0.6) is 0 Å². The second kappa shape index (κ2) is 6.05. The Bertz CT molecular complexity index is 222. The van der Waals surface area contributed by atoms with Crippen molar-refractivity contribution >= 4 is 12.1 Å². The van der Waals surface area contributed by atoms with Gasteiger partial charge < -0.3 is 15.2 Å². The molecule has 0 atom stereocenters. The molecule has 0 bridgehead atoms. The van der Waals surface area contributed by atoms with Gasteiger partial charge in [-0.1, -0.05) is 0 Å². The minimum absolute atomic E-state index is 0.0238. The number of nitrogens with one attached hydrogen (secondary N) is 1. The molecule has 0 spiro atoms. The fraction of sp³-hybridized carbons (Fsp3) is 0.500. The average Bonchev–Trinajstić information content (AvgIpc) is 2.04. The fourth-order valence-electron chi connectivity index (χ4n) is 0.525. The van der Waals surface area contributed by atoms with Crippen molar-refractivity contribution in [2.24, 2.45) is 0 Å². The van der Waals surface area contributed by atoms with Crippen molar-refractivity contribution in [3.8, 4) is 0 Å². The third kappa shape index (κ3) is 5.72. The predicted octanol–water partition coefficient (Wildman–Crippen LogP) is 0.763. The molecule has 2 N–H and O–H groups in total. The number of aliphatic carboxylic acids is 1. The fourth-order valence-corrected chi connectivity index (χ4v) is 0.525. The zero-order chi connectivity index (χ0) is 10.3. The summed E-state index contributed by atoms with van der Waals surface area (Å²) >= 11 is 0. The van der Waals surface area contributed by atoms with Gasteiger partial charge in [0.05, 0.1) is 0 Å². The molecule has 0 aliphatic heterocycles. The zero-order valence-electron chi connectivity index (χ0n) is 7.66. The van der Waals surface area contributed by atoms with Crippen LogP contribution in [0.2, 0.25) is 0 Å². The average molecular weight is 187 g/mol. The molecule has 0 unspecified atom stereocenters. The van der Waals surface area contributed by atoms with E-state index >= 15 is 0 Å². The maximum absolute atomic E-state index is 10.7. The van der Waals surface area contributed by atoms with Crippen LogP contribution >= 0.6 is 0 Å². The van der Waals surface area contributed by atoms with Crippen molar-refractivity contribution in [1.29, 1.82) is 0 Å². The summed E-state index contributed by atoms with van der Waals surface area (Å²) < 4.78 is 4.61. The molecule has 0 aliphatic rings. The summed E-state index contributed by atoms with van der Waals surface area (Å²) in [4.78, 5) is 21.0. The second-order valence-electron chi connectivity index (χ2n) is 2.32. The van der Waals surface area contributed by atoms with Gasteiger partial charge in [0.15, 0.2) is 0 Å². The molecule has 0 aromatic heterocycles. The molecule has 0 rings (SSSR count). The minimum Gasteiger partial charge on any atom is -0.478 e. The van der Waals surface area contributed by atoms with E-state index in [0.717, 1.165) is 0 Å². The number of hydrogen-bond donors (Lipinski definition) is 2. The normalized spacial score (nSPS) is 10.8. The smallest absolute Gasteiger partial charge is 0.407 e. The van der Waals surface area contributed by atoms with Crippen molar-refractivity contribution in [3.05, 3.63) is 11.6 Å². The van der Waals surface area contributed by atoms with Gasteiger partial charge in [-0.05, 0) is 19.9 Å². The number of carboxylic acids is 1. The molecule has 0 saturated heterocycles. The van der Waals surface area contributed by atoms with Gasteiger partial charge in [0.25, 0.3) is 0 Å². The molecule has 0 fully saturated rings. The molecule has 0 aliphatic carbocycles. The van der Waals surface area contributed by atoms with Crippen molar-refractivity contribution in [2.45, 2.75) is 13.8 Å². The van der Waals surface area contributed by atoms with E-state index in [1.807, 2.05) is 0 Å². The number of carbonyl (C=O) groups is 2. The molecule has 0 radical (unpaired) electrons. The first-order valence-corrected chi connectivity index (χ1v) is 3.88. The molecule has 13 heavy (non-hydrogen) atoms. The standard InChI is InChI=1S/C8H13NO4/c1-3-9-8(12)13-5-4-6(2)7(10)11/h4H,3,5H2,1-2H3,(H,9,12)(H,10,11). The molecular formula is C8H13NO4. The maximum atomic E-state index is 10.7. The Morgan fingerprint density at radius 2 is 2.15 bits per heavy atom. The van der Waals surface area contributed by atoms with Gasteiger partial charge in [0.1, 0.15) is 6.61 Å². The van der Waals surface area contributed by atoms with Crippen LogP contribution in [0.1, 0.15) is 13.8 Å². The highest BCUT2D eigenvalue weighted by Crippen LogP contribution is 1.91. The van der Waals surface area contributed by atoms with Crippen LogP contribution in [0.4, 0.5) is 4.79 Å². The molecule has 0 aromatic rings. The summed E-state index contributed by atoms with van der Waals surface area (Å²) in [6, 6.07) is 0. The van der Waals surface area contributed by atoms with Gasteiger partial charge in [-0.2, -0.15) is 0 Å². The lowest BCUT2D eigenvalue weighted by Gasteiger charge is -2.01. The molecule has 5 heteroatoms. The first-order valence-electron chi connectivity index (χ1n) is 3.88. The second-order valence-corrected chi connectivity index (χ2v) is 2.32. The quantitative estimate of drug-likeness (QED) is 0.637. The number of carboxylic acid groups (broad SMARTS) is 1. The van der Waals surface area contributed by atoms with Gasteiger partial charge in [-0.15, -0.1) is 0 Å². The molecule has 74 valence electrons. The number of carbonyl (C=O) groups excluding carboxylic acids is 1. The number of alkyl carbamates (subject to hydrolysis) is 1. The van der Waals surface area contributed by atoms with E-state index in [1.54, 1.807) is 6.92 Å². The monoisotopic (exact) mass is 187 g/mol. The first kappa shape index (κ1) is 11.5. The maximum Gasteiger partial charge on any atom is 0.407 e. The van der Waals surface area contributed by atoms with Crippen LogP contribution in [-0.4, -0.2) is 30.3 Å².